The molecular weight excluding hydrogens is 529 g/mol. The molecule has 4 aromatic rings. The van der Waals surface area contributed by atoms with Gasteiger partial charge in [0.25, 0.3) is 0 Å². The smallest absolute Gasteiger partial charge is 0.337 e. The molecule has 186 valence electrons. The van der Waals surface area contributed by atoms with Crippen molar-refractivity contribution in [2.75, 3.05) is 5.32 Å². The molecule has 2 atom stereocenters. The number of nitrogens with one attached hydrogen (secondary N) is 1. The molecule has 6 nitrogen and oxygen atoms in total. The normalized spacial score (nSPS) is 18.8. The van der Waals surface area contributed by atoms with Gasteiger partial charge in [0.15, 0.2) is 5.78 Å². The van der Waals surface area contributed by atoms with Gasteiger partial charge in [-0.25, -0.2) is 9.48 Å². The maximum atomic E-state index is 13.8. The number of aromatic nitrogens is 2. The highest BCUT2D eigenvalue weighted by molar-refractivity contribution is 7.10. The number of hydrogen-bond acceptors (Lipinski definition) is 5. The highest BCUT2D eigenvalue weighted by Gasteiger charge is 2.42. The van der Waals surface area contributed by atoms with E-state index < -0.39 is 11.9 Å². The summed E-state index contributed by atoms with van der Waals surface area (Å²) in [6.45, 7) is 1.86. The number of thiophene rings is 1. The molecule has 0 saturated heterocycles. The first-order chi connectivity index (χ1) is 17.8. The molecule has 2 aliphatic rings. The Morgan fingerprint density at radius 3 is 2.68 bits per heavy atom. The average Bonchev–Trinajstić information content (AvgIpc) is 3.53. The van der Waals surface area contributed by atoms with Crippen LogP contribution in [0.25, 0.3) is 5.69 Å². The first-order valence-electron chi connectivity index (χ1n) is 11.8. The second kappa shape index (κ2) is 9.17. The van der Waals surface area contributed by atoms with Crippen molar-refractivity contribution >= 4 is 52.1 Å². The number of para-hydroxylation sites is 1. The SMILES string of the molecule is Cc1nn(-c2ccccc2C(=O)O)c2c1[C@H](c1cccc(Cl)c1Cl)C1=C(C[C@@H](c3cccs3)CC1=O)N2. The number of carbonyl (C=O) groups is 2. The van der Waals surface area contributed by atoms with E-state index in [-0.39, 0.29) is 17.3 Å². The number of hydrogen-bond donors (Lipinski definition) is 2. The summed E-state index contributed by atoms with van der Waals surface area (Å²) in [6.07, 6.45) is 1.04. The Hall–Kier alpha value is -3.39. The van der Waals surface area contributed by atoms with Crippen LogP contribution >= 0.6 is 34.5 Å². The quantitative estimate of drug-likeness (QED) is 0.281. The molecule has 1 aliphatic carbocycles. The molecule has 0 bridgehead atoms. The lowest BCUT2D eigenvalue weighted by atomic mass is 9.73. The highest BCUT2D eigenvalue weighted by atomic mass is 35.5. The fraction of sp³-hybridized carbons (Fsp3) is 0.179. The molecule has 2 aromatic carbocycles. The number of aromatic carboxylic acids is 1. The lowest BCUT2D eigenvalue weighted by Crippen LogP contribution is -2.30. The number of halogens is 2. The molecule has 0 fully saturated rings. The van der Waals surface area contributed by atoms with Crippen LogP contribution in [0.5, 0.6) is 0 Å². The van der Waals surface area contributed by atoms with E-state index in [1.54, 1.807) is 46.4 Å². The molecule has 0 radical (unpaired) electrons. The lowest BCUT2D eigenvalue weighted by Gasteiger charge is -2.35. The van der Waals surface area contributed by atoms with Crippen LogP contribution in [-0.4, -0.2) is 26.6 Å². The summed E-state index contributed by atoms with van der Waals surface area (Å²) in [5.74, 6) is -0.796. The summed E-state index contributed by atoms with van der Waals surface area (Å²) >= 11 is 14.8. The number of nitrogens with zero attached hydrogens (tertiary/aromatic N) is 2. The van der Waals surface area contributed by atoms with E-state index in [1.807, 2.05) is 30.5 Å². The van der Waals surface area contributed by atoms with Gasteiger partial charge in [-0.2, -0.15) is 5.10 Å². The van der Waals surface area contributed by atoms with Crippen molar-refractivity contribution in [3.8, 4) is 5.69 Å². The van der Waals surface area contributed by atoms with Crippen LogP contribution in [0.15, 0.2) is 71.2 Å². The maximum Gasteiger partial charge on any atom is 0.337 e. The van der Waals surface area contributed by atoms with Crippen molar-refractivity contribution < 1.29 is 14.7 Å². The number of allylic oxidation sites excluding steroid dienone is 2. The minimum Gasteiger partial charge on any atom is -0.478 e. The number of carboxylic acid groups (broad SMARTS) is 1. The molecule has 3 heterocycles. The van der Waals surface area contributed by atoms with Crippen molar-refractivity contribution in [2.24, 2.45) is 0 Å². The van der Waals surface area contributed by atoms with Crippen molar-refractivity contribution in [1.82, 2.24) is 9.78 Å². The molecule has 37 heavy (non-hydrogen) atoms. The maximum absolute atomic E-state index is 13.8. The van der Waals surface area contributed by atoms with Crippen molar-refractivity contribution in [3.05, 3.63) is 109 Å². The summed E-state index contributed by atoms with van der Waals surface area (Å²) in [7, 11) is 0. The zero-order valence-corrected chi connectivity index (χ0v) is 22.0. The lowest BCUT2D eigenvalue weighted by molar-refractivity contribution is -0.116. The van der Waals surface area contributed by atoms with E-state index in [4.69, 9.17) is 28.3 Å². The summed E-state index contributed by atoms with van der Waals surface area (Å²) in [4.78, 5) is 27.0. The third-order valence-corrected chi connectivity index (χ3v) is 8.93. The van der Waals surface area contributed by atoms with E-state index in [0.29, 0.717) is 45.7 Å². The number of carboxylic acids is 1. The second-order valence-corrected chi connectivity index (χ2v) is 11.0. The number of benzene rings is 2. The highest BCUT2D eigenvalue weighted by Crippen LogP contribution is 2.51. The standard InChI is InChI=1S/C28H21Cl2N3O3S/c1-14-23-24(17-7-4-8-18(29)26(17)30)25-19(12-15(13-21(25)34)22-10-5-11-37-22)31-27(23)33(32-14)20-9-3-2-6-16(20)28(35)36/h2-11,15,24,31H,12-13H2,1H3,(H,35,36)/t15-,24+/m1/s1. The van der Waals surface area contributed by atoms with Gasteiger partial charge in [0.1, 0.15) is 5.82 Å². The average molecular weight is 550 g/mol. The Bertz CT molecular complexity index is 1610. The molecule has 0 unspecified atom stereocenters. The summed E-state index contributed by atoms with van der Waals surface area (Å²) in [5.41, 5.74) is 4.21. The molecule has 9 heteroatoms. The van der Waals surface area contributed by atoms with Crippen LogP contribution in [-0.2, 0) is 4.79 Å². The van der Waals surface area contributed by atoms with Gasteiger partial charge in [0.05, 0.1) is 27.0 Å². The number of rotatable bonds is 4. The van der Waals surface area contributed by atoms with E-state index >= 15 is 0 Å². The number of anilines is 1. The summed E-state index contributed by atoms with van der Waals surface area (Å²) < 4.78 is 1.63. The van der Waals surface area contributed by atoms with Gasteiger partial charge in [-0.15, -0.1) is 11.3 Å². The van der Waals surface area contributed by atoms with Crippen LogP contribution in [0.1, 0.15) is 56.7 Å². The first kappa shape index (κ1) is 24.0. The Morgan fingerprint density at radius 2 is 1.92 bits per heavy atom. The Labute approximate surface area is 227 Å². The minimum absolute atomic E-state index is 0.0527. The number of aryl methyl sites for hydroxylation is 1. The third-order valence-electron chi connectivity index (χ3n) is 7.06. The van der Waals surface area contributed by atoms with Gasteiger partial charge >= 0.3 is 5.97 Å². The predicted molar refractivity (Wildman–Crippen MR) is 146 cm³/mol. The summed E-state index contributed by atoms with van der Waals surface area (Å²) in [6, 6.07) is 16.2. The van der Waals surface area contributed by atoms with Gasteiger partial charge in [-0.05, 0) is 48.6 Å². The molecule has 0 spiro atoms. The third kappa shape index (κ3) is 3.89. The second-order valence-electron chi connectivity index (χ2n) is 9.22. The van der Waals surface area contributed by atoms with Gasteiger partial charge in [-0.3, -0.25) is 4.79 Å². The van der Waals surface area contributed by atoms with Crippen LogP contribution < -0.4 is 5.32 Å². The molecular formula is C28H21Cl2N3O3S. The zero-order chi connectivity index (χ0) is 25.8. The van der Waals surface area contributed by atoms with E-state index in [1.165, 1.54) is 0 Å². The number of carbonyl (C=O) groups excluding carboxylic acids is 1. The molecule has 0 amide bonds. The van der Waals surface area contributed by atoms with Crippen LogP contribution in [0.4, 0.5) is 5.82 Å². The van der Waals surface area contributed by atoms with Gasteiger partial charge < -0.3 is 10.4 Å². The fourth-order valence-electron chi connectivity index (χ4n) is 5.47. The molecule has 2 aromatic heterocycles. The summed E-state index contributed by atoms with van der Waals surface area (Å²) in [5, 5.41) is 20.9. The van der Waals surface area contributed by atoms with Crippen LogP contribution in [0.2, 0.25) is 10.0 Å². The Morgan fingerprint density at radius 1 is 1.11 bits per heavy atom. The topological polar surface area (TPSA) is 84.2 Å². The molecule has 1 aliphatic heterocycles. The first-order valence-corrected chi connectivity index (χ1v) is 13.4. The Balaban J connectivity index is 1.59. The van der Waals surface area contributed by atoms with Crippen molar-refractivity contribution in [2.45, 2.75) is 31.6 Å². The van der Waals surface area contributed by atoms with Crippen LogP contribution in [0.3, 0.4) is 0 Å². The minimum atomic E-state index is -1.05. The van der Waals surface area contributed by atoms with Crippen LogP contribution in [0, 0.1) is 6.92 Å². The van der Waals surface area contributed by atoms with Gasteiger partial charge in [0.2, 0.25) is 0 Å². The van der Waals surface area contributed by atoms with E-state index in [0.717, 1.165) is 21.7 Å². The molecule has 6 rings (SSSR count). The molecule has 0 saturated carbocycles. The monoisotopic (exact) mass is 549 g/mol. The predicted octanol–water partition coefficient (Wildman–Crippen LogP) is 7.21. The van der Waals surface area contributed by atoms with E-state index in [2.05, 4.69) is 11.4 Å². The van der Waals surface area contributed by atoms with Crippen molar-refractivity contribution in [3.63, 3.8) is 0 Å². The van der Waals surface area contributed by atoms with E-state index in [9.17, 15) is 14.7 Å². The Kier molecular flexibility index (Phi) is 5.94. The number of Topliss-reactive ketones (excluding diaryl/α,β-unsaturated/α-hetero) is 1. The fourth-order valence-corrected chi connectivity index (χ4v) is 6.72. The van der Waals surface area contributed by atoms with Gasteiger partial charge in [0, 0.05) is 40.0 Å². The molecule has 2 N–H and O–H groups in total. The van der Waals surface area contributed by atoms with Gasteiger partial charge in [-0.1, -0.05) is 53.5 Å². The largest absolute Gasteiger partial charge is 0.478 e. The zero-order valence-electron chi connectivity index (χ0n) is 19.7. The number of fused-ring (bicyclic) bond motifs is 1. The number of ketones is 1. The van der Waals surface area contributed by atoms with Crippen molar-refractivity contribution in [1.29, 1.82) is 0 Å².